The van der Waals surface area contributed by atoms with Gasteiger partial charge in [0.1, 0.15) is 11.6 Å². The van der Waals surface area contributed by atoms with Crippen LogP contribution in [0.25, 0.3) is 11.4 Å². The SMILES string of the molecule is Cc1ccc(-c2noc(CCC(=O)NCCCNC3=C4N=CC=CC4C(=O)N=N3)n2)cc1. The van der Waals surface area contributed by atoms with Gasteiger partial charge in [-0.25, -0.2) is 0 Å². The Labute approximate surface area is 184 Å². The molecule has 0 bridgehead atoms. The lowest BCUT2D eigenvalue weighted by Gasteiger charge is -2.19. The second kappa shape index (κ2) is 9.90. The largest absolute Gasteiger partial charge is 0.367 e. The third kappa shape index (κ3) is 5.20. The molecular weight excluding hydrogens is 410 g/mol. The van der Waals surface area contributed by atoms with Gasteiger partial charge in [-0.15, -0.1) is 10.2 Å². The molecule has 0 spiro atoms. The van der Waals surface area contributed by atoms with Crippen LogP contribution in [0.4, 0.5) is 0 Å². The molecule has 0 saturated carbocycles. The van der Waals surface area contributed by atoms with Crippen molar-refractivity contribution < 1.29 is 14.1 Å². The Morgan fingerprint density at radius 2 is 2.00 bits per heavy atom. The summed E-state index contributed by atoms with van der Waals surface area (Å²) in [4.78, 5) is 32.4. The van der Waals surface area contributed by atoms with E-state index in [-0.39, 0.29) is 18.2 Å². The van der Waals surface area contributed by atoms with Gasteiger partial charge >= 0.3 is 0 Å². The molecule has 2 amide bonds. The first-order chi connectivity index (χ1) is 15.6. The predicted octanol–water partition coefficient (Wildman–Crippen LogP) is 2.49. The fourth-order valence-corrected chi connectivity index (χ4v) is 3.21. The van der Waals surface area contributed by atoms with Crippen LogP contribution in [0.5, 0.6) is 0 Å². The van der Waals surface area contributed by atoms with E-state index in [1.807, 2.05) is 31.2 Å². The van der Waals surface area contributed by atoms with Crippen LogP contribution in [0, 0.1) is 12.8 Å². The zero-order valence-electron chi connectivity index (χ0n) is 17.6. The number of benzene rings is 1. The van der Waals surface area contributed by atoms with Crippen LogP contribution in [0.3, 0.4) is 0 Å². The summed E-state index contributed by atoms with van der Waals surface area (Å²) in [7, 11) is 0. The zero-order valence-corrected chi connectivity index (χ0v) is 17.6. The van der Waals surface area contributed by atoms with Crippen LogP contribution >= 0.6 is 0 Å². The lowest BCUT2D eigenvalue weighted by atomic mass is 10.0. The summed E-state index contributed by atoms with van der Waals surface area (Å²) in [5.41, 5.74) is 2.60. The molecule has 4 rings (SSSR count). The maximum atomic E-state index is 12.1. The lowest BCUT2D eigenvalue weighted by molar-refractivity contribution is -0.121. The topological polar surface area (TPSA) is 134 Å². The number of dihydropyridines is 1. The van der Waals surface area contributed by atoms with E-state index >= 15 is 0 Å². The summed E-state index contributed by atoms with van der Waals surface area (Å²) < 4.78 is 5.25. The number of allylic oxidation sites excluding steroid dienone is 1. The second-order valence-electron chi connectivity index (χ2n) is 7.42. The molecule has 0 aliphatic carbocycles. The van der Waals surface area contributed by atoms with Gasteiger partial charge in [-0.3, -0.25) is 14.6 Å². The number of rotatable bonds is 9. The van der Waals surface area contributed by atoms with Crippen LogP contribution in [0.2, 0.25) is 0 Å². The van der Waals surface area contributed by atoms with Crippen molar-refractivity contribution in [3.8, 4) is 11.4 Å². The van der Waals surface area contributed by atoms with Crippen LogP contribution in [0.1, 0.15) is 24.3 Å². The van der Waals surface area contributed by atoms with Crippen molar-refractivity contribution in [3.05, 3.63) is 59.4 Å². The number of amides is 2. The quantitative estimate of drug-likeness (QED) is 0.584. The summed E-state index contributed by atoms with van der Waals surface area (Å²) >= 11 is 0. The van der Waals surface area contributed by atoms with Crippen molar-refractivity contribution in [2.75, 3.05) is 13.1 Å². The number of aryl methyl sites for hydroxylation is 2. The predicted molar refractivity (Wildman–Crippen MR) is 116 cm³/mol. The Kier molecular flexibility index (Phi) is 6.59. The van der Waals surface area contributed by atoms with E-state index in [1.54, 1.807) is 18.4 Å². The fourth-order valence-electron chi connectivity index (χ4n) is 3.21. The number of hydrogen-bond donors (Lipinski definition) is 2. The minimum absolute atomic E-state index is 0.0906. The molecule has 0 saturated heterocycles. The lowest BCUT2D eigenvalue weighted by Crippen LogP contribution is -2.29. The Morgan fingerprint density at radius 3 is 2.84 bits per heavy atom. The molecular formula is C22H23N7O3. The molecule has 2 aliphatic heterocycles. The molecule has 3 heterocycles. The summed E-state index contributed by atoms with van der Waals surface area (Å²) in [6.07, 6.45) is 6.40. The van der Waals surface area contributed by atoms with E-state index in [1.165, 1.54) is 0 Å². The number of carbonyl (C=O) groups excluding carboxylic acids is 2. The average Bonchev–Trinajstić information content (AvgIpc) is 3.28. The van der Waals surface area contributed by atoms with Gasteiger partial charge < -0.3 is 15.2 Å². The molecule has 1 aromatic heterocycles. The minimum atomic E-state index is -0.476. The standard InChI is InChI=1S/C22H23N7O3/c1-14-5-7-15(8-6-14)20-26-18(32-29-20)10-9-17(30)23-12-3-13-25-21-19-16(4-2-11-24-19)22(31)28-27-21/h2,4-8,11,16,25H,3,9-10,12-13H2,1H3,(H,23,30). The number of aliphatic imine (C=N–C) groups is 1. The Morgan fingerprint density at radius 1 is 1.16 bits per heavy atom. The van der Waals surface area contributed by atoms with Gasteiger partial charge in [0.05, 0.1) is 0 Å². The highest BCUT2D eigenvalue weighted by molar-refractivity contribution is 5.88. The number of nitrogens with one attached hydrogen (secondary N) is 2. The highest BCUT2D eigenvalue weighted by atomic mass is 16.5. The average molecular weight is 433 g/mol. The molecule has 164 valence electrons. The van der Waals surface area contributed by atoms with Crippen molar-refractivity contribution >= 4 is 18.0 Å². The van der Waals surface area contributed by atoms with Crippen molar-refractivity contribution in [2.24, 2.45) is 21.1 Å². The summed E-state index contributed by atoms with van der Waals surface area (Å²) in [5.74, 6) is 0.548. The molecule has 10 heteroatoms. The molecule has 10 nitrogen and oxygen atoms in total. The third-order valence-corrected chi connectivity index (χ3v) is 4.97. The van der Waals surface area contributed by atoms with Gasteiger partial charge in [-0.2, -0.15) is 4.98 Å². The van der Waals surface area contributed by atoms with Crippen molar-refractivity contribution in [1.29, 1.82) is 0 Å². The minimum Gasteiger partial charge on any atom is -0.367 e. The van der Waals surface area contributed by atoms with Gasteiger partial charge in [0.2, 0.25) is 17.6 Å². The van der Waals surface area contributed by atoms with Gasteiger partial charge in [-0.05, 0) is 19.4 Å². The monoisotopic (exact) mass is 433 g/mol. The van der Waals surface area contributed by atoms with Crippen molar-refractivity contribution in [3.63, 3.8) is 0 Å². The van der Waals surface area contributed by atoms with E-state index in [9.17, 15) is 9.59 Å². The molecule has 32 heavy (non-hydrogen) atoms. The van der Waals surface area contributed by atoms with Crippen molar-refractivity contribution in [2.45, 2.75) is 26.2 Å². The molecule has 1 atom stereocenters. The summed E-state index contributed by atoms with van der Waals surface area (Å²) in [6, 6.07) is 7.84. The van der Waals surface area contributed by atoms with E-state index in [0.717, 1.165) is 11.1 Å². The number of nitrogens with zero attached hydrogens (tertiary/aromatic N) is 5. The van der Waals surface area contributed by atoms with Crippen LogP contribution in [-0.2, 0) is 16.0 Å². The Hall–Kier alpha value is -3.95. The van der Waals surface area contributed by atoms with E-state index < -0.39 is 5.92 Å². The number of hydrogen-bond acceptors (Lipinski definition) is 8. The number of carbonyl (C=O) groups is 2. The van der Waals surface area contributed by atoms with Crippen molar-refractivity contribution in [1.82, 2.24) is 20.8 Å². The summed E-state index contributed by atoms with van der Waals surface area (Å²) in [6.45, 7) is 3.07. The van der Waals surface area contributed by atoms with Gasteiger partial charge in [0.15, 0.2) is 5.82 Å². The zero-order chi connectivity index (χ0) is 22.3. The first-order valence-electron chi connectivity index (χ1n) is 10.4. The van der Waals surface area contributed by atoms with Gasteiger partial charge in [0.25, 0.3) is 5.91 Å². The molecule has 2 N–H and O–H groups in total. The van der Waals surface area contributed by atoms with E-state index in [2.05, 4.69) is 36.0 Å². The van der Waals surface area contributed by atoms with Gasteiger partial charge in [0, 0.05) is 37.7 Å². The number of azo groups is 1. The Balaban J connectivity index is 1.16. The first-order valence-corrected chi connectivity index (χ1v) is 10.4. The Bertz CT molecular complexity index is 1110. The molecule has 1 unspecified atom stereocenters. The van der Waals surface area contributed by atoms with Crippen LogP contribution < -0.4 is 10.6 Å². The molecule has 0 radical (unpaired) electrons. The fraction of sp³-hybridized carbons (Fsp3) is 0.318. The van der Waals surface area contributed by atoms with Crippen LogP contribution in [0.15, 0.2) is 67.7 Å². The summed E-state index contributed by atoms with van der Waals surface area (Å²) in [5, 5.41) is 17.5. The van der Waals surface area contributed by atoms with E-state index in [0.29, 0.717) is 49.2 Å². The number of aromatic nitrogens is 2. The number of fused-ring (bicyclic) bond motifs is 1. The molecule has 1 aromatic carbocycles. The molecule has 0 fully saturated rings. The molecule has 2 aliphatic rings. The highest BCUT2D eigenvalue weighted by Gasteiger charge is 2.28. The second-order valence-corrected chi connectivity index (χ2v) is 7.42. The maximum Gasteiger partial charge on any atom is 0.277 e. The highest BCUT2D eigenvalue weighted by Crippen LogP contribution is 2.26. The third-order valence-electron chi connectivity index (χ3n) is 4.97. The maximum absolute atomic E-state index is 12.1. The van der Waals surface area contributed by atoms with Crippen LogP contribution in [-0.4, -0.2) is 41.3 Å². The first kappa shape index (κ1) is 21.3. The normalized spacial score (nSPS) is 16.9. The van der Waals surface area contributed by atoms with E-state index in [4.69, 9.17) is 4.52 Å². The van der Waals surface area contributed by atoms with Gasteiger partial charge in [-0.1, -0.05) is 41.1 Å². The molecule has 2 aromatic rings. The smallest absolute Gasteiger partial charge is 0.277 e.